The maximum absolute atomic E-state index is 11.9. The molecule has 0 saturated carbocycles. The number of nitrogens with two attached hydrogens (primary N) is 1. The van der Waals surface area contributed by atoms with E-state index in [-0.39, 0.29) is 11.8 Å². The molecule has 1 heterocycles. The number of carbonyl (C=O) groups excluding carboxylic acids is 1. The highest BCUT2D eigenvalue weighted by atomic mass is 16.1. The molecule has 108 valence electrons. The van der Waals surface area contributed by atoms with Gasteiger partial charge in [0.05, 0.1) is 11.0 Å². The van der Waals surface area contributed by atoms with Crippen LogP contribution in [0.25, 0.3) is 11.0 Å². The lowest BCUT2D eigenvalue weighted by Crippen LogP contribution is -2.36. The number of rotatable bonds is 6. The predicted molar refractivity (Wildman–Crippen MR) is 80.3 cm³/mol. The molecule has 0 bridgehead atoms. The van der Waals surface area contributed by atoms with Crippen LogP contribution in [0.5, 0.6) is 0 Å². The van der Waals surface area contributed by atoms with Gasteiger partial charge in [-0.25, -0.2) is 4.98 Å². The molecule has 0 spiro atoms. The van der Waals surface area contributed by atoms with E-state index in [2.05, 4.69) is 14.9 Å². The van der Waals surface area contributed by atoms with Crippen molar-refractivity contribution in [3.05, 3.63) is 30.1 Å². The fraction of sp³-hybridized carbons (Fsp3) is 0.467. The number of nitrogens with zero attached hydrogens (tertiary/aromatic N) is 2. The van der Waals surface area contributed by atoms with E-state index in [1.54, 1.807) is 0 Å². The van der Waals surface area contributed by atoms with Crippen molar-refractivity contribution in [3.63, 3.8) is 0 Å². The zero-order valence-electron chi connectivity index (χ0n) is 12.1. The zero-order valence-corrected chi connectivity index (χ0v) is 12.1. The number of fused-ring (bicyclic) bond motifs is 1. The molecule has 1 aromatic carbocycles. The van der Waals surface area contributed by atoms with Crippen LogP contribution in [0.4, 0.5) is 0 Å². The summed E-state index contributed by atoms with van der Waals surface area (Å²) in [4.78, 5) is 16.4. The fourth-order valence-electron chi connectivity index (χ4n) is 2.37. The maximum Gasteiger partial charge on any atom is 0.224 e. The molecular formula is C15H22N4O. The summed E-state index contributed by atoms with van der Waals surface area (Å²) in [6.45, 7) is 5.67. The first-order chi connectivity index (χ1) is 9.67. The second kappa shape index (κ2) is 6.52. The Morgan fingerprint density at radius 1 is 1.45 bits per heavy atom. The third-order valence-electron chi connectivity index (χ3n) is 3.63. The number of carbonyl (C=O) groups is 1. The van der Waals surface area contributed by atoms with Crippen LogP contribution < -0.4 is 11.1 Å². The number of hydrogen-bond donors (Lipinski definition) is 2. The Bertz CT molecular complexity index is 587. The van der Waals surface area contributed by atoms with Gasteiger partial charge in [0.15, 0.2) is 0 Å². The Balaban J connectivity index is 2.00. The number of benzene rings is 1. The molecule has 1 atom stereocenters. The lowest BCUT2D eigenvalue weighted by atomic mass is 10.1. The quantitative estimate of drug-likeness (QED) is 0.837. The first-order valence-corrected chi connectivity index (χ1v) is 7.07. The van der Waals surface area contributed by atoms with E-state index in [9.17, 15) is 4.79 Å². The van der Waals surface area contributed by atoms with Crippen molar-refractivity contribution in [2.45, 2.75) is 26.8 Å². The van der Waals surface area contributed by atoms with Crippen molar-refractivity contribution in [1.82, 2.24) is 14.9 Å². The average molecular weight is 274 g/mol. The minimum Gasteiger partial charge on any atom is -0.354 e. The van der Waals surface area contributed by atoms with Gasteiger partial charge in [-0.1, -0.05) is 19.1 Å². The Hall–Kier alpha value is -1.88. The van der Waals surface area contributed by atoms with Gasteiger partial charge in [-0.15, -0.1) is 0 Å². The predicted octanol–water partition coefficient (Wildman–Crippen LogP) is 1.45. The molecular weight excluding hydrogens is 252 g/mol. The second-order valence-corrected chi connectivity index (χ2v) is 4.93. The minimum atomic E-state index is -0.0874. The molecule has 5 nitrogen and oxygen atoms in total. The summed E-state index contributed by atoms with van der Waals surface area (Å²) in [6, 6.07) is 8.03. The third-order valence-corrected chi connectivity index (χ3v) is 3.63. The van der Waals surface area contributed by atoms with E-state index in [4.69, 9.17) is 5.73 Å². The SMILES string of the molecule is CCC(CN)C(=O)NCCn1c(C)nc2ccccc21. The normalized spacial score (nSPS) is 12.6. The van der Waals surface area contributed by atoms with E-state index in [0.717, 1.165) is 29.8 Å². The van der Waals surface area contributed by atoms with Crippen molar-refractivity contribution in [1.29, 1.82) is 0 Å². The van der Waals surface area contributed by atoms with Crippen LogP contribution in [0.3, 0.4) is 0 Å². The van der Waals surface area contributed by atoms with E-state index in [0.29, 0.717) is 13.1 Å². The van der Waals surface area contributed by atoms with E-state index in [1.807, 2.05) is 38.1 Å². The number of hydrogen-bond acceptors (Lipinski definition) is 3. The van der Waals surface area contributed by atoms with Gasteiger partial charge in [0.25, 0.3) is 0 Å². The molecule has 0 fully saturated rings. The van der Waals surface area contributed by atoms with Crippen molar-refractivity contribution in [2.24, 2.45) is 11.7 Å². The molecule has 0 saturated heterocycles. The van der Waals surface area contributed by atoms with Crippen LogP contribution in [-0.4, -0.2) is 28.5 Å². The molecule has 1 amide bonds. The summed E-state index contributed by atoms with van der Waals surface area (Å²) >= 11 is 0. The van der Waals surface area contributed by atoms with E-state index < -0.39 is 0 Å². The van der Waals surface area contributed by atoms with Gasteiger partial charge >= 0.3 is 0 Å². The Labute approximate surface area is 119 Å². The Morgan fingerprint density at radius 3 is 2.90 bits per heavy atom. The Kier molecular flexibility index (Phi) is 4.74. The zero-order chi connectivity index (χ0) is 14.5. The van der Waals surface area contributed by atoms with Gasteiger partial charge in [-0.05, 0) is 25.5 Å². The molecule has 0 aliphatic heterocycles. The number of aryl methyl sites for hydroxylation is 1. The summed E-state index contributed by atoms with van der Waals surface area (Å²) < 4.78 is 2.12. The van der Waals surface area contributed by atoms with Crippen molar-refractivity contribution in [2.75, 3.05) is 13.1 Å². The van der Waals surface area contributed by atoms with Crippen molar-refractivity contribution >= 4 is 16.9 Å². The van der Waals surface area contributed by atoms with Gasteiger partial charge < -0.3 is 15.6 Å². The molecule has 20 heavy (non-hydrogen) atoms. The molecule has 5 heteroatoms. The largest absolute Gasteiger partial charge is 0.354 e. The highest BCUT2D eigenvalue weighted by molar-refractivity contribution is 5.79. The smallest absolute Gasteiger partial charge is 0.224 e. The summed E-state index contributed by atoms with van der Waals surface area (Å²) in [5.74, 6) is 0.916. The van der Waals surface area contributed by atoms with Crippen LogP contribution in [0.1, 0.15) is 19.2 Å². The third kappa shape index (κ3) is 2.99. The minimum absolute atomic E-state index is 0.0390. The van der Waals surface area contributed by atoms with Crippen molar-refractivity contribution in [3.8, 4) is 0 Å². The van der Waals surface area contributed by atoms with Gasteiger partial charge in [0.1, 0.15) is 5.82 Å². The molecule has 2 rings (SSSR count). The van der Waals surface area contributed by atoms with Crippen LogP contribution in [0.15, 0.2) is 24.3 Å². The number of para-hydroxylation sites is 2. The topological polar surface area (TPSA) is 72.9 Å². The Morgan fingerprint density at radius 2 is 2.20 bits per heavy atom. The number of amides is 1. The summed E-state index contributed by atoms with van der Waals surface area (Å²) in [5, 5.41) is 2.95. The van der Waals surface area contributed by atoms with Gasteiger partial charge in [0, 0.05) is 25.6 Å². The van der Waals surface area contributed by atoms with E-state index >= 15 is 0 Å². The summed E-state index contributed by atoms with van der Waals surface area (Å²) in [6.07, 6.45) is 0.773. The standard InChI is InChI=1S/C15H22N4O/c1-3-12(10-16)15(20)17-8-9-19-11(2)18-13-6-4-5-7-14(13)19/h4-7,12H,3,8-10,16H2,1-2H3,(H,17,20). The number of nitrogens with one attached hydrogen (secondary N) is 1. The highest BCUT2D eigenvalue weighted by Gasteiger charge is 2.14. The monoisotopic (exact) mass is 274 g/mol. The van der Waals surface area contributed by atoms with Crippen LogP contribution >= 0.6 is 0 Å². The van der Waals surface area contributed by atoms with E-state index in [1.165, 1.54) is 0 Å². The fourth-order valence-corrected chi connectivity index (χ4v) is 2.37. The lowest BCUT2D eigenvalue weighted by Gasteiger charge is -2.13. The van der Waals surface area contributed by atoms with Crippen molar-refractivity contribution < 1.29 is 4.79 Å². The summed E-state index contributed by atoms with van der Waals surface area (Å²) in [5.41, 5.74) is 7.67. The number of imidazole rings is 1. The van der Waals surface area contributed by atoms with Crippen LogP contribution in [0, 0.1) is 12.8 Å². The van der Waals surface area contributed by atoms with Gasteiger partial charge in [0.2, 0.25) is 5.91 Å². The molecule has 0 radical (unpaired) electrons. The molecule has 1 aromatic heterocycles. The van der Waals surface area contributed by atoms with Crippen LogP contribution in [0.2, 0.25) is 0 Å². The number of aromatic nitrogens is 2. The first-order valence-electron chi connectivity index (χ1n) is 7.07. The molecule has 3 N–H and O–H groups in total. The molecule has 2 aromatic rings. The summed E-state index contributed by atoms with van der Waals surface area (Å²) in [7, 11) is 0. The van der Waals surface area contributed by atoms with Crippen LogP contribution in [-0.2, 0) is 11.3 Å². The second-order valence-electron chi connectivity index (χ2n) is 4.93. The molecule has 0 aliphatic rings. The highest BCUT2D eigenvalue weighted by Crippen LogP contribution is 2.14. The molecule has 0 aliphatic carbocycles. The average Bonchev–Trinajstić information content (AvgIpc) is 2.76. The van der Waals surface area contributed by atoms with Gasteiger partial charge in [-0.2, -0.15) is 0 Å². The first kappa shape index (κ1) is 14.5. The maximum atomic E-state index is 11.9. The van der Waals surface area contributed by atoms with Gasteiger partial charge in [-0.3, -0.25) is 4.79 Å². The molecule has 1 unspecified atom stereocenters. The lowest BCUT2D eigenvalue weighted by molar-refractivity contribution is -0.124.